The Morgan fingerprint density at radius 2 is 2.00 bits per heavy atom. The van der Waals surface area contributed by atoms with Crippen molar-refractivity contribution >= 4 is 0 Å². The molecule has 3 heteroatoms. The molecular weight excluding hydrogens is 188 g/mol. The molecule has 0 spiro atoms. The number of fused-ring (bicyclic) bond motifs is 1. The van der Waals surface area contributed by atoms with Crippen LogP contribution in [0.15, 0.2) is 0 Å². The molecule has 0 aromatic heterocycles. The molecule has 0 radical (unpaired) electrons. The number of ether oxygens (including phenoxy) is 1. The molecule has 2 aliphatic heterocycles. The van der Waals surface area contributed by atoms with Gasteiger partial charge in [-0.2, -0.15) is 0 Å². The zero-order chi connectivity index (χ0) is 10.5. The average molecular weight is 212 g/mol. The van der Waals surface area contributed by atoms with Gasteiger partial charge in [0.15, 0.2) is 0 Å². The van der Waals surface area contributed by atoms with E-state index in [0.29, 0.717) is 0 Å². The van der Waals surface area contributed by atoms with Gasteiger partial charge in [-0.1, -0.05) is 0 Å². The van der Waals surface area contributed by atoms with Crippen molar-refractivity contribution in [2.24, 2.45) is 11.8 Å². The molecule has 1 aliphatic carbocycles. The van der Waals surface area contributed by atoms with E-state index in [9.17, 15) is 0 Å². The second-order valence-corrected chi connectivity index (χ2v) is 4.97. The molecule has 88 valence electrons. The predicted octanol–water partition coefficient (Wildman–Crippen LogP) is 1.00. The molecule has 2 heterocycles. The predicted molar refractivity (Wildman–Crippen MR) is 62.0 cm³/mol. The van der Waals surface area contributed by atoms with Crippen molar-refractivity contribution in [1.29, 1.82) is 0 Å². The van der Waals surface area contributed by atoms with Gasteiger partial charge in [0.05, 0.1) is 0 Å². The lowest BCUT2D eigenvalue weighted by atomic mass is 10.1. The molecule has 3 fully saturated rings. The third-order valence-electron chi connectivity index (χ3n) is 3.60. The summed E-state index contributed by atoms with van der Waals surface area (Å²) in [5.41, 5.74) is 0. The Labute approximate surface area is 93.0 Å². The highest BCUT2D eigenvalue weighted by molar-refractivity contribution is 4.96. The van der Waals surface area contributed by atoms with Gasteiger partial charge in [-0.05, 0) is 51.1 Å². The fourth-order valence-corrected chi connectivity index (χ4v) is 2.53. The first kappa shape index (κ1) is 11.4. The molecule has 2 N–H and O–H groups in total. The first-order valence-corrected chi connectivity index (χ1v) is 6.36. The Morgan fingerprint density at radius 1 is 1.20 bits per heavy atom. The van der Waals surface area contributed by atoms with Crippen LogP contribution in [0.1, 0.15) is 25.7 Å². The lowest BCUT2D eigenvalue weighted by molar-refractivity contribution is 0.198. The number of hydrogen-bond acceptors (Lipinski definition) is 3. The van der Waals surface area contributed by atoms with Gasteiger partial charge in [-0.15, -0.1) is 0 Å². The van der Waals surface area contributed by atoms with Crippen LogP contribution in [-0.4, -0.2) is 39.4 Å². The van der Waals surface area contributed by atoms with E-state index in [1.54, 1.807) is 0 Å². The number of hydrogen-bond donors (Lipinski definition) is 2. The lowest BCUT2D eigenvalue weighted by Gasteiger charge is -2.22. The zero-order valence-electron chi connectivity index (χ0n) is 9.80. The van der Waals surface area contributed by atoms with E-state index in [2.05, 4.69) is 10.6 Å². The first-order chi connectivity index (χ1) is 7.40. The third-order valence-corrected chi connectivity index (χ3v) is 3.60. The normalized spacial score (nSPS) is 37.8. The Bertz CT molecular complexity index is 175. The molecule has 0 aromatic carbocycles. The Morgan fingerprint density at radius 3 is 2.53 bits per heavy atom. The Balaban J connectivity index is 0.000000144. The molecule has 1 unspecified atom stereocenters. The summed E-state index contributed by atoms with van der Waals surface area (Å²) in [6, 6.07) is 0.758. The smallest absolute Gasteiger partial charge is 0.0466 e. The van der Waals surface area contributed by atoms with E-state index in [0.717, 1.165) is 37.6 Å². The number of rotatable bonds is 2. The van der Waals surface area contributed by atoms with E-state index in [1.807, 2.05) is 7.05 Å². The van der Waals surface area contributed by atoms with E-state index in [-0.39, 0.29) is 0 Å². The minimum atomic E-state index is 0.758. The summed E-state index contributed by atoms with van der Waals surface area (Å²) < 4.78 is 4.94. The molecule has 1 saturated carbocycles. The third kappa shape index (κ3) is 3.74. The van der Waals surface area contributed by atoms with Crippen LogP contribution in [0, 0.1) is 11.8 Å². The van der Waals surface area contributed by atoms with Crippen molar-refractivity contribution in [3.05, 3.63) is 0 Å². The summed E-state index contributed by atoms with van der Waals surface area (Å²) in [5, 5.41) is 6.76. The Kier molecular flexibility index (Phi) is 4.42. The fraction of sp³-hybridized carbons (Fsp3) is 1.00. The molecule has 2 saturated heterocycles. The monoisotopic (exact) mass is 212 g/mol. The van der Waals surface area contributed by atoms with Gasteiger partial charge < -0.3 is 15.4 Å². The van der Waals surface area contributed by atoms with Crippen LogP contribution in [0.2, 0.25) is 0 Å². The summed E-state index contributed by atoms with van der Waals surface area (Å²) in [4.78, 5) is 0. The van der Waals surface area contributed by atoms with E-state index < -0.39 is 0 Å². The van der Waals surface area contributed by atoms with Crippen molar-refractivity contribution < 1.29 is 4.74 Å². The van der Waals surface area contributed by atoms with Gasteiger partial charge >= 0.3 is 0 Å². The Hall–Kier alpha value is -0.120. The topological polar surface area (TPSA) is 33.3 Å². The molecule has 3 atom stereocenters. The summed E-state index contributed by atoms with van der Waals surface area (Å²) in [6.07, 6.45) is 5.46. The van der Waals surface area contributed by atoms with Crippen LogP contribution in [0.4, 0.5) is 0 Å². The molecule has 0 aromatic rings. The molecular formula is C12H24N2O. The standard InChI is InChI=1S/C8H16N2.C4H8O/c1-9-5-8-3-6-2-7(6)4-10-8;1-2-4-5-3-1/h6-10H,2-5H2,1H3;1-4H2/t6?,7-,8-;/m0./s1. The maximum absolute atomic E-state index is 4.94. The van der Waals surface area contributed by atoms with Crippen molar-refractivity contribution in [3.63, 3.8) is 0 Å². The van der Waals surface area contributed by atoms with Crippen LogP contribution >= 0.6 is 0 Å². The van der Waals surface area contributed by atoms with E-state index >= 15 is 0 Å². The van der Waals surface area contributed by atoms with E-state index in [1.165, 1.54) is 32.2 Å². The highest BCUT2D eigenvalue weighted by atomic mass is 16.5. The van der Waals surface area contributed by atoms with Gasteiger partial charge in [0.2, 0.25) is 0 Å². The molecule has 0 amide bonds. The summed E-state index contributed by atoms with van der Waals surface area (Å²) >= 11 is 0. The van der Waals surface area contributed by atoms with Gasteiger partial charge in [0, 0.05) is 25.8 Å². The quantitative estimate of drug-likeness (QED) is 0.716. The van der Waals surface area contributed by atoms with Gasteiger partial charge in [-0.3, -0.25) is 0 Å². The van der Waals surface area contributed by atoms with Gasteiger partial charge in [0.1, 0.15) is 0 Å². The lowest BCUT2D eigenvalue weighted by Crippen LogP contribution is -2.41. The number of nitrogens with one attached hydrogen (secondary N) is 2. The number of likely N-dealkylation sites (N-methyl/N-ethyl adjacent to an activating group) is 1. The van der Waals surface area contributed by atoms with Gasteiger partial charge in [-0.25, -0.2) is 0 Å². The highest BCUT2D eigenvalue weighted by Crippen LogP contribution is 2.43. The van der Waals surface area contributed by atoms with Crippen molar-refractivity contribution in [3.8, 4) is 0 Å². The highest BCUT2D eigenvalue weighted by Gasteiger charge is 2.41. The van der Waals surface area contributed by atoms with E-state index in [4.69, 9.17) is 4.74 Å². The maximum atomic E-state index is 4.94. The average Bonchev–Trinajstić information content (AvgIpc) is 2.78. The summed E-state index contributed by atoms with van der Waals surface area (Å²) in [5.74, 6) is 2.13. The van der Waals surface area contributed by atoms with Crippen molar-refractivity contribution in [1.82, 2.24) is 10.6 Å². The van der Waals surface area contributed by atoms with Crippen LogP contribution in [0.5, 0.6) is 0 Å². The van der Waals surface area contributed by atoms with Crippen LogP contribution in [0.3, 0.4) is 0 Å². The number of piperidine rings is 1. The molecule has 15 heavy (non-hydrogen) atoms. The van der Waals surface area contributed by atoms with Gasteiger partial charge in [0.25, 0.3) is 0 Å². The summed E-state index contributed by atoms with van der Waals surface area (Å²) in [6.45, 7) is 4.42. The summed E-state index contributed by atoms with van der Waals surface area (Å²) in [7, 11) is 2.03. The minimum Gasteiger partial charge on any atom is -0.381 e. The second kappa shape index (κ2) is 5.83. The minimum absolute atomic E-state index is 0.758. The molecule has 0 bridgehead atoms. The fourth-order valence-electron chi connectivity index (χ4n) is 2.53. The second-order valence-electron chi connectivity index (χ2n) is 4.97. The van der Waals surface area contributed by atoms with Crippen LogP contribution in [0.25, 0.3) is 0 Å². The largest absolute Gasteiger partial charge is 0.381 e. The molecule has 3 rings (SSSR count). The van der Waals surface area contributed by atoms with Crippen molar-refractivity contribution in [2.45, 2.75) is 31.7 Å². The van der Waals surface area contributed by atoms with Crippen molar-refractivity contribution in [2.75, 3.05) is 33.4 Å². The SMILES string of the molecule is C1CCOC1.CNC[C@@H]1CC2C[C@H]2CN1. The molecule has 3 nitrogen and oxygen atoms in total. The first-order valence-electron chi connectivity index (χ1n) is 6.36. The maximum Gasteiger partial charge on any atom is 0.0466 e. The zero-order valence-corrected chi connectivity index (χ0v) is 9.80. The molecule has 3 aliphatic rings. The van der Waals surface area contributed by atoms with Crippen LogP contribution < -0.4 is 10.6 Å². The van der Waals surface area contributed by atoms with Crippen LogP contribution in [-0.2, 0) is 4.74 Å².